The lowest BCUT2D eigenvalue weighted by Crippen LogP contribution is -2.14. The second-order valence-corrected chi connectivity index (χ2v) is 7.06. The van der Waals surface area contributed by atoms with Crippen molar-refractivity contribution >= 4 is 38.1 Å². The molecule has 0 aliphatic heterocycles. The third-order valence-electron chi connectivity index (χ3n) is 2.36. The van der Waals surface area contributed by atoms with Gasteiger partial charge in [-0.05, 0) is 24.6 Å². The van der Waals surface area contributed by atoms with Gasteiger partial charge in [-0.15, -0.1) is 10.2 Å². The third-order valence-corrected chi connectivity index (χ3v) is 4.98. The fourth-order valence-corrected chi connectivity index (χ4v) is 3.50. The van der Waals surface area contributed by atoms with Gasteiger partial charge in [-0.25, -0.2) is 12.8 Å². The molecule has 0 bridgehead atoms. The maximum atomic E-state index is 13.6. The summed E-state index contributed by atoms with van der Waals surface area (Å²) >= 11 is 6.76. The quantitative estimate of drug-likeness (QED) is 0.888. The van der Waals surface area contributed by atoms with E-state index < -0.39 is 15.8 Å². The van der Waals surface area contributed by atoms with Gasteiger partial charge in [0.25, 0.3) is 10.0 Å². The van der Waals surface area contributed by atoms with E-state index in [1.54, 1.807) is 6.92 Å². The lowest BCUT2D eigenvalue weighted by Gasteiger charge is -2.08. The van der Waals surface area contributed by atoms with E-state index in [4.69, 9.17) is 17.3 Å². The summed E-state index contributed by atoms with van der Waals surface area (Å²) in [4.78, 5) is -0.271. The highest BCUT2D eigenvalue weighted by atomic mass is 35.5. The Labute approximate surface area is 123 Å². The summed E-state index contributed by atoms with van der Waals surface area (Å²) in [6, 6.07) is 2.05. The van der Waals surface area contributed by atoms with Crippen LogP contribution >= 0.6 is 22.9 Å². The highest BCUT2D eigenvalue weighted by Gasteiger charge is 2.20. The van der Waals surface area contributed by atoms with Crippen molar-refractivity contribution in [2.75, 3.05) is 4.72 Å². The Morgan fingerprint density at radius 1 is 1.45 bits per heavy atom. The van der Waals surface area contributed by atoms with Gasteiger partial charge in [-0.2, -0.15) is 0 Å². The Balaban J connectivity index is 2.41. The summed E-state index contributed by atoms with van der Waals surface area (Å²) in [5.74, 6) is -0.844. The molecule has 20 heavy (non-hydrogen) atoms. The Hall–Kier alpha value is -1.29. The van der Waals surface area contributed by atoms with Gasteiger partial charge in [-0.1, -0.05) is 22.9 Å². The standard InChI is InChI=1S/C10H10ClFN4O2S2/c1-5-14-15-10(19-5)16-20(17,18)7-2-6(4-13)9(11)8(12)3-7/h2-3H,4,13H2,1H3,(H,15,16). The number of hydrogen-bond acceptors (Lipinski definition) is 6. The Morgan fingerprint density at radius 2 is 2.15 bits per heavy atom. The van der Waals surface area contributed by atoms with Gasteiger partial charge >= 0.3 is 0 Å². The lowest BCUT2D eigenvalue weighted by atomic mass is 10.2. The monoisotopic (exact) mass is 336 g/mol. The van der Waals surface area contributed by atoms with Crippen LogP contribution < -0.4 is 10.5 Å². The van der Waals surface area contributed by atoms with Crippen molar-refractivity contribution in [3.8, 4) is 0 Å². The summed E-state index contributed by atoms with van der Waals surface area (Å²) in [6.07, 6.45) is 0. The fraction of sp³-hybridized carbons (Fsp3) is 0.200. The minimum Gasteiger partial charge on any atom is -0.326 e. The van der Waals surface area contributed by atoms with Crippen molar-refractivity contribution in [3.05, 3.63) is 33.5 Å². The van der Waals surface area contributed by atoms with E-state index in [1.165, 1.54) is 6.07 Å². The molecule has 3 N–H and O–H groups in total. The minimum atomic E-state index is -3.97. The van der Waals surface area contributed by atoms with Gasteiger partial charge in [0, 0.05) is 6.54 Å². The number of hydrogen-bond donors (Lipinski definition) is 2. The van der Waals surface area contributed by atoms with Crippen LogP contribution in [0.2, 0.25) is 5.02 Å². The molecule has 1 aromatic heterocycles. The molecule has 2 rings (SSSR count). The van der Waals surface area contributed by atoms with Crippen molar-refractivity contribution in [1.82, 2.24) is 10.2 Å². The van der Waals surface area contributed by atoms with Crippen LogP contribution in [0.15, 0.2) is 17.0 Å². The number of halogens is 2. The van der Waals surface area contributed by atoms with Crippen LogP contribution in [0.5, 0.6) is 0 Å². The Kier molecular flexibility index (Phi) is 4.23. The van der Waals surface area contributed by atoms with Crippen molar-refractivity contribution in [2.45, 2.75) is 18.4 Å². The molecule has 108 valence electrons. The van der Waals surface area contributed by atoms with E-state index in [0.29, 0.717) is 5.01 Å². The molecule has 0 amide bonds. The first-order valence-electron chi connectivity index (χ1n) is 5.34. The van der Waals surface area contributed by atoms with E-state index in [2.05, 4.69) is 14.9 Å². The zero-order chi connectivity index (χ0) is 14.9. The minimum absolute atomic E-state index is 0.0724. The van der Waals surface area contributed by atoms with Gasteiger partial charge in [0.05, 0.1) is 9.92 Å². The predicted octanol–water partition coefficient (Wildman–Crippen LogP) is 1.90. The van der Waals surface area contributed by atoms with E-state index >= 15 is 0 Å². The van der Waals surface area contributed by atoms with Crippen LogP contribution in [0, 0.1) is 12.7 Å². The molecule has 0 fully saturated rings. The second-order valence-electron chi connectivity index (χ2n) is 3.81. The van der Waals surface area contributed by atoms with Crippen LogP contribution in [0.3, 0.4) is 0 Å². The third kappa shape index (κ3) is 3.06. The van der Waals surface area contributed by atoms with Gasteiger partial charge in [0.2, 0.25) is 5.13 Å². The molecule has 0 spiro atoms. The van der Waals surface area contributed by atoms with Crippen LogP contribution in [-0.4, -0.2) is 18.6 Å². The molecule has 0 aliphatic carbocycles. The molecular formula is C10H10ClFN4O2S2. The largest absolute Gasteiger partial charge is 0.326 e. The number of nitrogens with one attached hydrogen (secondary N) is 1. The zero-order valence-corrected chi connectivity index (χ0v) is 12.6. The maximum Gasteiger partial charge on any atom is 0.263 e. The Bertz CT molecular complexity index is 748. The van der Waals surface area contributed by atoms with Crippen molar-refractivity contribution in [1.29, 1.82) is 0 Å². The molecule has 0 atom stereocenters. The summed E-state index contributed by atoms with van der Waals surface area (Å²) in [7, 11) is -3.97. The van der Waals surface area contributed by atoms with E-state index in [0.717, 1.165) is 17.4 Å². The number of sulfonamides is 1. The number of benzene rings is 1. The number of aromatic nitrogens is 2. The van der Waals surface area contributed by atoms with Crippen molar-refractivity contribution in [3.63, 3.8) is 0 Å². The molecule has 1 heterocycles. The molecule has 1 aromatic carbocycles. The maximum absolute atomic E-state index is 13.6. The van der Waals surface area contributed by atoms with Crippen LogP contribution in [0.4, 0.5) is 9.52 Å². The first-order valence-corrected chi connectivity index (χ1v) is 8.02. The van der Waals surface area contributed by atoms with Gasteiger partial charge in [0.1, 0.15) is 10.8 Å². The SMILES string of the molecule is Cc1nnc(NS(=O)(=O)c2cc(F)c(Cl)c(CN)c2)s1. The number of rotatable bonds is 4. The number of aryl methyl sites for hydroxylation is 1. The molecule has 0 saturated heterocycles. The smallest absolute Gasteiger partial charge is 0.263 e. The first kappa shape index (κ1) is 15.1. The zero-order valence-electron chi connectivity index (χ0n) is 10.2. The van der Waals surface area contributed by atoms with E-state index in [1.807, 2.05) is 0 Å². The van der Waals surface area contributed by atoms with Gasteiger partial charge in [0.15, 0.2) is 0 Å². The average Bonchev–Trinajstić information content (AvgIpc) is 2.77. The molecule has 10 heteroatoms. The Morgan fingerprint density at radius 3 is 2.70 bits per heavy atom. The van der Waals surface area contributed by atoms with Gasteiger partial charge < -0.3 is 5.73 Å². The number of anilines is 1. The molecule has 0 unspecified atom stereocenters. The van der Waals surface area contributed by atoms with Gasteiger partial charge in [-0.3, -0.25) is 4.72 Å². The second kappa shape index (κ2) is 5.60. The van der Waals surface area contributed by atoms with Crippen molar-refractivity contribution in [2.24, 2.45) is 5.73 Å². The molecule has 6 nitrogen and oxygen atoms in total. The molecule has 0 radical (unpaired) electrons. The summed E-state index contributed by atoms with van der Waals surface area (Å²) < 4.78 is 40.1. The molecular weight excluding hydrogens is 327 g/mol. The summed E-state index contributed by atoms with van der Waals surface area (Å²) in [5, 5.41) is 7.85. The van der Waals surface area contributed by atoms with Crippen molar-refractivity contribution < 1.29 is 12.8 Å². The van der Waals surface area contributed by atoms with Crippen LogP contribution in [0.25, 0.3) is 0 Å². The predicted molar refractivity (Wildman–Crippen MR) is 74.8 cm³/mol. The van der Waals surface area contributed by atoms with Crippen LogP contribution in [0.1, 0.15) is 10.6 Å². The highest BCUT2D eigenvalue weighted by Crippen LogP contribution is 2.26. The lowest BCUT2D eigenvalue weighted by molar-refractivity contribution is 0.594. The first-order chi connectivity index (χ1) is 9.33. The molecule has 2 aromatic rings. The van der Waals surface area contributed by atoms with Crippen LogP contribution in [-0.2, 0) is 16.6 Å². The van der Waals surface area contributed by atoms with E-state index in [9.17, 15) is 12.8 Å². The average molecular weight is 337 g/mol. The highest BCUT2D eigenvalue weighted by molar-refractivity contribution is 7.93. The molecule has 0 aliphatic rings. The fourth-order valence-electron chi connectivity index (χ4n) is 1.43. The summed E-state index contributed by atoms with van der Waals surface area (Å²) in [6.45, 7) is 1.61. The van der Waals surface area contributed by atoms with E-state index in [-0.39, 0.29) is 27.2 Å². The topological polar surface area (TPSA) is 98.0 Å². The number of nitrogens with two attached hydrogens (primary N) is 1. The number of nitrogens with zero attached hydrogens (tertiary/aromatic N) is 2. The summed E-state index contributed by atoms with van der Waals surface area (Å²) in [5.41, 5.74) is 5.61. The molecule has 0 saturated carbocycles. The normalized spacial score (nSPS) is 11.6.